The topological polar surface area (TPSA) is 32.3 Å². The van der Waals surface area contributed by atoms with E-state index < -0.39 is 0 Å². The minimum absolute atomic E-state index is 0.239. The molecule has 0 aromatic heterocycles. The van der Waals surface area contributed by atoms with Crippen molar-refractivity contribution in [2.24, 2.45) is 5.92 Å². The number of carbonyl (C=O) groups is 1. The Morgan fingerprint density at radius 1 is 1.05 bits per heavy atom. The summed E-state index contributed by atoms with van der Waals surface area (Å²) in [5, 5.41) is 3.82. The van der Waals surface area contributed by atoms with Gasteiger partial charge in [0.25, 0.3) is 0 Å². The van der Waals surface area contributed by atoms with Crippen LogP contribution in [0.2, 0.25) is 0 Å². The SMILES string of the molecule is CCC(CC)C(=O)N1CCCC(NC2CCCCC2)C1. The summed E-state index contributed by atoms with van der Waals surface area (Å²) in [6, 6.07) is 1.24. The highest BCUT2D eigenvalue weighted by molar-refractivity contribution is 5.78. The van der Waals surface area contributed by atoms with E-state index >= 15 is 0 Å². The monoisotopic (exact) mass is 280 g/mol. The second-order valence-corrected chi connectivity index (χ2v) is 6.64. The molecule has 1 aliphatic heterocycles. The number of nitrogens with zero attached hydrogens (tertiary/aromatic N) is 1. The molecule has 1 aliphatic carbocycles. The van der Waals surface area contributed by atoms with Crippen molar-refractivity contribution >= 4 is 5.91 Å². The van der Waals surface area contributed by atoms with Crippen LogP contribution < -0.4 is 5.32 Å². The second kappa shape index (κ2) is 8.02. The highest BCUT2D eigenvalue weighted by Gasteiger charge is 2.28. The number of nitrogens with one attached hydrogen (secondary N) is 1. The first-order valence-corrected chi connectivity index (χ1v) is 8.79. The van der Waals surface area contributed by atoms with Crippen molar-refractivity contribution < 1.29 is 4.79 Å². The Morgan fingerprint density at radius 2 is 1.70 bits per heavy atom. The number of carbonyl (C=O) groups excluding carboxylic acids is 1. The van der Waals surface area contributed by atoms with E-state index in [9.17, 15) is 4.79 Å². The van der Waals surface area contributed by atoms with Gasteiger partial charge in [-0.15, -0.1) is 0 Å². The molecular weight excluding hydrogens is 248 g/mol. The predicted octanol–water partition coefficient (Wildman–Crippen LogP) is 3.34. The van der Waals surface area contributed by atoms with Crippen LogP contribution in [0.25, 0.3) is 0 Å². The molecule has 0 aromatic rings. The standard InChI is InChI=1S/C17H32N2O/c1-3-14(4-2)17(20)19-12-8-11-16(13-19)18-15-9-6-5-7-10-15/h14-16,18H,3-13H2,1-2H3. The molecule has 1 heterocycles. The highest BCUT2D eigenvalue weighted by Crippen LogP contribution is 2.21. The molecule has 2 fully saturated rings. The van der Waals surface area contributed by atoms with Crippen molar-refractivity contribution in [3.63, 3.8) is 0 Å². The molecule has 2 rings (SSSR count). The third-order valence-corrected chi connectivity index (χ3v) is 5.14. The first-order chi connectivity index (χ1) is 9.74. The van der Waals surface area contributed by atoms with Crippen molar-refractivity contribution in [3.8, 4) is 0 Å². The number of hydrogen-bond acceptors (Lipinski definition) is 2. The van der Waals surface area contributed by atoms with Gasteiger partial charge in [-0.1, -0.05) is 33.1 Å². The molecule has 1 unspecified atom stereocenters. The van der Waals surface area contributed by atoms with Gasteiger partial charge in [-0.25, -0.2) is 0 Å². The Hall–Kier alpha value is -0.570. The molecule has 0 bridgehead atoms. The molecule has 3 nitrogen and oxygen atoms in total. The van der Waals surface area contributed by atoms with Crippen molar-refractivity contribution in [3.05, 3.63) is 0 Å². The van der Waals surface area contributed by atoms with Crippen LogP contribution in [0.3, 0.4) is 0 Å². The summed E-state index contributed by atoms with van der Waals surface area (Å²) in [4.78, 5) is 14.6. The number of rotatable bonds is 5. The molecule has 1 saturated heterocycles. The van der Waals surface area contributed by atoms with Gasteiger partial charge in [0.15, 0.2) is 0 Å². The first-order valence-electron chi connectivity index (χ1n) is 8.79. The van der Waals surface area contributed by atoms with Crippen LogP contribution in [0.15, 0.2) is 0 Å². The summed E-state index contributed by atoms with van der Waals surface area (Å²) in [6.07, 6.45) is 11.2. The zero-order chi connectivity index (χ0) is 14.4. The summed E-state index contributed by atoms with van der Waals surface area (Å²) in [6.45, 7) is 6.17. The van der Waals surface area contributed by atoms with Gasteiger partial charge in [0.1, 0.15) is 0 Å². The van der Waals surface area contributed by atoms with Crippen LogP contribution in [-0.4, -0.2) is 36.0 Å². The van der Waals surface area contributed by atoms with E-state index in [1.807, 2.05) is 0 Å². The summed E-state index contributed by atoms with van der Waals surface area (Å²) in [7, 11) is 0. The molecule has 2 aliphatic rings. The smallest absolute Gasteiger partial charge is 0.225 e. The fourth-order valence-electron chi connectivity index (χ4n) is 3.81. The molecule has 1 amide bonds. The van der Waals surface area contributed by atoms with Crippen LogP contribution in [0.5, 0.6) is 0 Å². The van der Waals surface area contributed by atoms with E-state index in [4.69, 9.17) is 0 Å². The predicted molar refractivity (Wildman–Crippen MR) is 83.7 cm³/mol. The highest BCUT2D eigenvalue weighted by atomic mass is 16.2. The maximum Gasteiger partial charge on any atom is 0.225 e. The Morgan fingerprint density at radius 3 is 2.35 bits per heavy atom. The van der Waals surface area contributed by atoms with Crippen molar-refractivity contribution in [2.75, 3.05) is 13.1 Å². The lowest BCUT2D eigenvalue weighted by molar-refractivity contribution is -0.137. The molecule has 1 saturated carbocycles. The Labute approximate surface area is 124 Å². The van der Waals surface area contributed by atoms with E-state index in [1.54, 1.807) is 0 Å². The van der Waals surface area contributed by atoms with Gasteiger partial charge in [-0.2, -0.15) is 0 Å². The van der Waals surface area contributed by atoms with Gasteiger partial charge in [0, 0.05) is 31.1 Å². The minimum atomic E-state index is 0.239. The van der Waals surface area contributed by atoms with Gasteiger partial charge in [-0.05, 0) is 38.5 Å². The van der Waals surface area contributed by atoms with Crippen molar-refractivity contribution in [2.45, 2.75) is 83.7 Å². The number of likely N-dealkylation sites (tertiary alicyclic amines) is 1. The summed E-state index contributed by atoms with van der Waals surface area (Å²) >= 11 is 0. The molecule has 20 heavy (non-hydrogen) atoms. The fourth-order valence-corrected chi connectivity index (χ4v) is 3.81. The molecule has 0 aromatic carbocycles. The molecule has 116 valence electrons. The van der Waals surface area contributed by atoms with Gasteiger partial charge in [-0.3, -0.25) is 4.79 Å². The van der Waals surface area contributed by atoms with Gasteiger partial charge < -0.3 is 10.2 Å². The number of hydrogen-bond donors (Lipinski definition) is 1. The number of piperidine rings is 1. The maximum absolute atomic E-state index is 12.5. The zero-order valence-electron chi connectivity index (χ0n) is 13.4. The van der Waals surface area contributed by atoms with Gasteiger partial charge >= 0.3 is 0 Å². The molecule has 1 N–H and O–H groups in total. The van der Waals surface area contributed by atoms with Crippen LogP contribution in [0.4, 0.5) is 0 Å². The normalized spacial score (nSPS) is 25.1. The van der Waals surface area contributed by atoms with Crippen LogP contribution in [0.1, 0.15) is 71.6 Å². The Bertz CT molecular complexity index is 295. The third kappa shape index (κ3) is 4.21. The molecule has 3 heteroatoms. The van der Waals surface area contributed by atoms with Crippen LogP contribution in [0, 0.1) is 5.92 Å². The van der Waals surface area contributed by atoms with E-state index in [0.717, 1.165) is 32.4 Å². The summed E-state index contributed by atoms with van der Waals surface area (Å²) < 4.78 is 0. The zero-order valence-corrected chi connectivity index (χ0v) is 13.4. The third-order valence-electron chi connectivity index (χ3n) is 5.14. The lowest BCUT2D eigenvalue weighted by Crippen LogP contribution is -2.52. The molecule has 0 spiro atoms. The van der Waals surface area contributed by atoms with Crippen LogP contribution >= 0.6 is 0 Å². The minimum Gasteiger partial charge on any atom is -0.341 e. The quantitative estimate of drug-likeness (QED) is 0.837. The lowest BCUT2D eigenvalue weighted by atomic mass is 9.93. The Balaban J connectivity index is 1.82. The first kappa shape index (κ1) is 15.8. The Kier molecular flexibility index (Phi) is 6.34. The average molecular weight is 280 g/mol. The maximum atomic E-state index is 12.5. The summed E-state index contributed by atoms with van der Waals surface area (Å²) in [5.74, 6) is 0.633. The average Bonchev–Trinajstić information content (AvgIpc) is 2.49. The van der Waals surface area contributed by atoms with Gasteiger partial charge in [0.2, 0.25) is 5.91 Å². The van der Waals surface area contributed by atoms with E-state index in [-0.39, 0.29) is 5.92 Å². The second-order valence-electron chi connectivity index (χ2n) is 6.64. The van der Waals surface area contributed by atoms with Crippen molar-refractivity contribution in [1.29, 1.82) is 0 Å². The largest absolute Gasteiger partial charge is 0.341 e. The molecule has 1 atom stereocenters. The lowest BCUT2D eigenvalue weighted by Gasteiger charge is -2.37. The van der Waals surface area contributed by atoms with Crippen LogP contribution in [-0.2, 0) is 4.79 Å². The van der Waals surface area contributed by atoms with E-state index in [0.29, 0.717) is 18.0 Å². The molecule has 0 radical (unpaired) electrons. The van der Waals surface area contributed by atoms with Gasteiger partial charge in [0.05, 0.1) is 0 Å². The fraction of sp³-hybridized carbons (Fsp3) is 0.941. The number of amides is 1. The van der Waals surface area contributed by atoms with Crippen molar-refractivity contribution in [1.82, 2.24) is 10.2 Å². The summed E-state index contributed by atoms with van der Waals surface area (Å²) in [5.41, 5.74) is 0. The molecular formula is C17H32N2O. The van der Waals surface area contributed by atoms with E-state index in [2.05, 4.69) is 24.1 Å². The van der Waals surface area contributed by atoms with E-state index in [1.165, 1.54) is 38.5 Å².